The van der Waals surface area contributed by atoms with Crippen molar-refractivity contribution in [1.29, 1.82) is 0 Å². The second-order valence-electron chi connectivity index (χ2n) is 7.16. The first-order chi connectivity index (χ1) is 12.1. The highest BCUT2D eigenvalue weighted by molar-refractivity contribution is 5.99. The second kappa shape index (κ2) is 7.95. The predicted molar refractivity (Wildman–Crippen MR) is 96.6 cm³/mol. The summed E-state index contributed by atoms with van der Waals surface area (Å²) in [5, 5.41) is 0. The number of likely N-dealkylation sites (N-methyl/N-ethyl adjacent to an activating group) is 1. The number of piperidine rings is 1. The summed E-state index contributed by atoms with van der Waals surface area (Å²) in [4.78, 5) is 35.7. The first-order valence-electron chi connectivity index (χ1n) is 9.34. The number of rotatable bonds is 3. The molecule has 1 aromatic rings. The zero-order valence-electron chi connectivity index (χ0n) is 15.3. The van der Waals surface area contributed by atoms with Gasteiger partial charge in [-0.05, 0) is 31.4 Å². The number of likely N-dealkylation sites (tertiary alicyclic amines) is 1. The third-order valence-electron chi connectivity index (χ3n) is 5.41. The number of hydrogen-bond acceptors (Lipinski definition) is 4. The van der Waals surface area contributed by atoms with Gasteiger partial charge in [0.2, 0.25) is 0 Å². The zero-order chi connectivity index (χ0) is 17.8. The fourth-order valence-corrected chi connectivity index (χ4v) is 3.52. The van der Waals surface area contributed by atoms with Gasteiger partial charge in [-0.15, -0.1) is 0 Å². The maximum atomic E-state index is 12.7. The van der Waals surface area contributed by atoms with Gasteiger partial charge in [0.15, 0.2) is 0 Å². The molecule has 0 atom stereocenters. The number of aromatic nitrogens is 1. The van der Waals surface area contributed by atoms with Crippen LogP contribution in [-0.4, -0.2) is 77.3 Å². The van der Waals surface area contributed by atoms with Crippen LogP contribution in [0.5, 0.6) is 0 Å². The number of pyridine rings is 1. The molecule has 0 aliphatic carbocycles. The van der Waals surface area contributed by atoms with Crippen molar-refractivity contribution in [3.05, 3.63) is 29.6 Å². The third-order valence-corrected chi connectivity index (χ3v) is 5.41. The first-order valence-corrected chi connectivity index (χ1v) is 9.34. The van der Waals surface area contributed by atoms with Gasteiger partial charge >= 0.3 is 0 Å². The number of carbonyl (C=O) groups is 2. The molecule has 3 heterocycles. The number of nitrogens with zero attached hydrogens (tertiary/aromatic N) is 4. The maximum absolute atomic E-state index is 12.7. The van der Waals surface area contributed by atoms with Crippen LogP contribution in [0.2, 0.25) is 0 Å². The molecular weight excluding hydrogens is 316 g/mol. The van der Waals surface area contributed by atoms with Crippen LogP contribution in [0.15, 0.2) is 18.5 Å². The lowest BCUT2D eigenvalue weighted by molar-refractivity contribution is 0.0643. The summed E-state index contributed by atoms with van der Waals surface area (Å²) in [6.07, 6.45) is 5.23. The van der Waals surface area contributed by atoms with E-state index in [4.69, 9.17) is 0 Å². The van der Waals surface area contributed by atoms with Gasteiger partial charge in [0, 0.05) is 51.7 Å². The van der Waals surface area contributed by atoms with Crippen molar-refractivity contribution in [2.24, 2.45) is 5.92 Å². The molecule has 0 radical (unpaired) electrons. The van der Waals surface area contributed by atoms with Gasteiger partial charge in [-0.2, -0.15) is 0 Å². The van der Waals surface area contributed by atoms with Gasteiger partial charge < -0.3 is 14.7 Å². The van der Waals surface area contributed by atoms with Crippen LogP contribution in [0.1, 0.15) is 47.4 Å². The van der Waals surface area contributed by atoms with Gasteiger partial charge in [0.1, 0.15) is 0 Å². The van der Waals surface area contributed by atoms with Gasteiger partial charge in [-0.25, -0.2) is 0 Å². The molecular formula is C19H28N4O2. The highest BCUT2D eigenvalue weighted by Crippen LogP contribution is 2.18. The molecule has 2 aliphatic heterocycles. The van der Waals surface area contributed by atoms with E-state index in [1.807, 2.05) is 9.80 Å². The minimum Gasteiger partial charge on any atom is -0.339 e. The number of hydrogen-bond donors (Lipinski definition) is 0. The van der Waals surface area contributed by atoms with E-state index in [1.165, 1.54) is 0 Å². The van der Waals surface area contributed by atoms with E-state index >= 15 is 0 Å². The highest BCUT2D eigenvalue weighted by Gasteiger charge is 2.25. The molecule has 0 spiro atoms. The van der Waals surface area contributed by atoms with E-state index in [9.17, 15) is 9.59 Å². The Morgan fingerprint density at radius 1 is 0.960 bits per heavy atom. The predicted octanol–water partition coefficient (Wildman–Crippen LogP) is 1.73. The van der Waals surface area contributed by atoms with E-state index in [1.54, 1.807) is 18.5 Å². The van der Waals surface area contributed by atoms with E-state index < -0.39 is 0 Å². The van der Waals surface area contributed by atoms with Gasteiger partial charge in [0.05, 0.1) is 11.1 Å². The largest absolute Gasteiger partial charge is 0.339 e. The molecule has 0 saturated carbocycles. The minimum absolute atomic E-state index is 0.00940. The van der Waals surface area contributed by atoms with Crippen LogP contribution in [0, 0.1) is 5.92 Å². The van der Waals surface area contributed by atoms with Crippen molar-refractivity contribution in [1.82, 2.24) is 19.7 Å². The molecule has 2 saturated heterocycles. The summed E-state index contributed by atoms with van der Waals surface area (Å²) in [7, 11) is 0. The van der Waals surface area contributed by atoms with Gasteiger partial charge in [-0.3, -0.25) is 14.6 Å². The van der Waals surface area contributed by atoms with Crippen LogP contribution >= 0.6 is 0 Å². The Morgan fingerprint density at radius 3 is 2.00 bits per heavy atom. The lowest BCUT2D eigenvalue weighted by atomic mass is 9.98. The Hall–Kier alpha value is -1.95. The molecule has 2 fully saturated rings. The van der Waals surface area contributed by atoms with E-state index in [0.29, 0.717) is 17.0 Å². The van der Waals surface area contributed by atoms with Crippen molar-refractivity contribution in [2.75, 3.05) is 45.8 Å². The zero-order valence-corrected chi connectivity index (χ0v) is 15.3. The van der Waals surface area contributed by atoms with Crippen molar-refractivity contribution >= 4 is 11.8 Å². The molecule has 0 aromatic carbocycles. The summed E-state index contributed by atoms with van der Waals surface area (Å²) in [6.45, 7) is 10.2. The lowest BCUT2D eigenvalue weighted by Gasteiger charge is -2.34. The Morgan fingerprint density at radius 2 is 1.48 bits per heavy atom. The Bertz CT molecular complexity index is 618. The average Bonchev–Trinajstić information content (AvgIpc) is 2.67. The van der Waals surface area contributed by atoms with Crippen molar-refractivity contribution in [2.45, 2.75) is 26.7 Å². The maximum Gasteiger partial charge on any atom is 0.255 e. The average molecular weight is 344 g/mol. The van der Waals surface area contributed by atoms with Crippen LogP contribution in [0.4, 0.5) is 0 Å². The summed E-state index contributed by atoms with van der Waals surface area (Å²) in [6, 6.07) is 1.71. The molecule has 0 N–H and O–H groups in total. The van der Waals surface area contributed by atoms with Crippen LogP contribution < -0.4 is 0 Å². The molecule has 136 valence electrons. The Labute approximate surface area is 149 Å². The minimum atomic E-state index is -0.0230. The number of amides is 2. The molecule has 3 rings (SSSR count). The number of piperazine rings is 1. The normalized spacial score (nSPS) is 19.9. The molecule has 0 bridgehead atoms. The fourth-order valence-electron chi connectivity index (χ4n) is 3.52. The smallest absolute Gasteiger partial charge is 0.255 e. The van der Waals surface area contributed by atoms with E-state index in [0.717, 1.165) is 58.7 Å². The highest BCUT2D eigenvalue weighted by atomic mass is 16.2. The quantitative estimate of drug-likeness (QED) is 0.838. The summed E-state index contributed by atoms with van der Waals surface area (Å²) in [5.74, 6) is 0.645. The molecule has 6 nitrogen and oxygen atoms in total. The molecule has 25 heavy (non-hydrogen) atoms. The monoisotopic (exact) mass is 344 g/mol. The molecule has 2 amide bonds. The van der Waals surface area contributed by atoms with E-state index in [-0.39, 0.29) is 11.8 Å². The fraction of sp³-hybridized carbons (Fsp3) is 0.632. The second-order valence-corrected chi connectivity index (χ2v) is 7.16. The molecule has 1 aromatic heterocycles. The Kier molecular flexibility index (Phi) is 5.68. The van der Waals surface area contributed by atoms with Gasteiger partial charge in [-0.1, -0.05) is 13.8 Å². The summed E-state index contributed by atoms with van der Waals surface area (Å²) < 4.78 is 0. The van der Waals surface area contributed by atoms with E-state index in [2.05, 4.69) is 23.7 Å². The van der Waals surface area contributed by atoms with Gasteiger partial charge in [0.25, 0.3) is 11.8 Å². The topological polar surface area (TPSA) is 56.8 Å². The van der Waals surface area contributed by atoms with Crippen LogP contribution in [-0.2, 0) is 0 Å². The molecule has 2 aliphatic rings. The van der Waals surface area contributed by atoms with Crippen LogP contribution in [0.25, 0.3) is 0 Å². The van der Waals surface area contributed by atoms with Crippen molar-refractivity contribution < 1.29 is 9.59 Å². The van der Waals surface area contributed by atoms with Crippen LogP contribution in [0.3, 0.4) is 0 Å². The standard InChI is InChI=1S/C19H28N4O2/c1-3-21-8-10-23(11-9-21)19(25)17-12-16(13-20-14-17)18(24)22-6-4-15(2)5-7-22/h12-15H,3-11H2,1-2H3. The van der Waals surface area contributed by atoms with Crippen molar-refractivity contribution in [3.63, 3.8) is 0 Å². The molecule has 6 heteroatoms. The summed E-state index contributed by atoms with van der Waals surface area (Å²) in [5.41, 5.74) is 1.04. The SMILES string of the molecule is CCN1CCN(C(=O)c2cncc(C(=O)N3CCC(C)CC3)c2)CC1. The number of carbonyl (C=O) groups excluding carboxylic acids is 2. The molecule has 0 unspecified atom stereocenters. The first kappa shape index (κ1) is 17.9. The lowest BCUT2D eigenvalue weighted by Crippen LogP contribution is -2.48. The summed E-state index contributed by atoms with van der Waals surface area (Å²) >= 11 is 0. The Balaban J connectivity index is 1.67. The third kappa shape index (κ3) is 4.18. The van der Waals surface area contributed by atoms with Crippen molar-refractivity contribution in [3.8, 4) is 0 Å².